The first-order chi connectivity index (χ1) is 9.31. The monoisotopic (exact) mass is 320 g/mol. The van der Waals surface area contributed by atoms with Gasteiger partial charge in [-0.25, -0.2) is 17.6 Å². The highest BCUT2D eigenvalue weighted by Crippen LogP contribution is 2.26. The van der Waals surface area contributed by atoms with Gasteiger partial charge in [-0.2, -0.15) is 4.98 Å². The smallest absolute Gasteiger partial charge is 0.338 e. The second-order valence-electron chi connectivity index (χ2n) is 3.68. The van der Waals surface area contributed by atoms with Crippen LogP contribution < -0.4 is 0 Å². The molecule has 0 saturated carbocycles. The van der Waals surface area contributed by atoms with Crippen molar-refractivity contribution in [3.05, 3.63) is 40.8 Å². The van der Waals surface area contributed by atoms with Gasteiger partial charge in [-0.3, -0.25) is 0 Å². The molecule has 0 amide bonds. The van der Waals surface area contributed by atoms with E-state index >= 15 is 0 Å². The van der Waals surface area contributed by atoms with Crippen LogP contribution in [0.25, 0.3) is 0 Å². The van der Waals surface area contributed by atoms with E-state index in [1.807, 2.05) is 0 Å². The van der Waals surface area contributed by atoms with E-state index < -0.39 is 37.8 Å². The van der Waals surface area contributed by atoms with E-state index in [2.05, 4.69) is 14.7 Å². The summed E-state index contributed by atoms with van der Waals surface area (Å²) in [5.41, 5.74) is -0.829. The number of benzene rings is 1. The van der Waals surface area contributed by atoms with Crippen LogP contribution in [0, 0.1) is 5.82 Å². The third kappa shape index (κ3) is 2.78. The standard InChI is InChI=1S/C10H6ClFN2O5S/c11-5-1-6(10(15)16)9(12)7(2-5)20(17,18)3-8-13-4-19-14-8/h1-2,4H,3H2,(H,15,16). The number of carbonyl (C=O) groups is 1. The van der Waals surface area contributed by atoms with Gasteiger partial charge in [-0.1, -0.05) is 16.8 Å². The molecule has 106 valence electrons. The van der Waals surface area contributed by atoms with Crippen LogP contribution >= 0.6 is 11.6 Å². The maximum Gasteiger partial charge on any atom is 0.338 e. The SMILES string of the molecule is O=C(O)c1cc(Cl)cc(S(=O)(=O)Cc2ncon2)c1F. The number of aromatic nitrogens is 2. The second kappa shape index (κ2) is 5.17. The Morgan fingerprint density at radius 3 is 2.70 bits per heavy atom. The molecule has 0 radical (unpaired) electrons. The quantitative estimate of drug-likeness (QED) is 0.909. The van der Waals surface area contributed by atoms with Crippen LogP contribution in [0.15, 0.2) is 27.9 Å². The molecule has 1 aromatic heterocycles. The predicted molar refractivity (Wildman–Crippen MR) is 63.6 cm³/mol. The summed E-state index contributed by atoms with van der Waals surface area (Å²) in [7, 11) is -4.20. The highest BCUT2D eigenvalue weighted by molar-refractivity contribution is 7.90. The molecular formula is C10H6ClFN2O5S. The average molecular weight is 321 g/mol. The molecule has 2 rings (SSSR count). The number of hydrogen-bond acceptors (Lipinski definition) is 6. The summed E-state index contributed by atoms with van der Waals surface area (Å²) >= 11 is 5.61. The van der Waals surface area contributed by atoms with Crippen molar-refractivity contribution in [3.8, 4) is 0 Å². The summed E-state index contributed by atoms with van der Waals surface area (Å²) < 4.78 is 42.4. The minimum absolute atomic E-state index is 0.179. The number of sulfone groups is 1. The molecule has 0 saturated heterocycles. The van der Waals surface area contributed by atoms with Gasteiger partial charge in [0.2, 0.25) is 6.39 Å². The molecule has 0 aliphatic carbocycles. The van der Waals surface area contributed by atoms with Crippen LogP contribution in [0.3, 0.4) is 0 Å². The van der Waals surface area contributed by atoms with Gasteiger partial charge in [0.1, 0.15) is 10.6 Å². The van der Waals surface area contributed by atoms with Crippen LogP contribution in [0.4, 0.5) is 4.39 Å². The molecule has 1 aromatic carbocycles. The number of rotatable bonds is 4. The van der Waals surface area contributed by atoms with Crippen LogP contribution in [0.5, 0.6) is 0 Å². The van der Waals surface area contributed by atoms with E-state index in [9.17, 15) is 17.6 Å². The zero-order valence-electron chi connectivity index (χ0n) is 9.58. The normalized spacial score (nSPS) is 11.5. The van der Waals surface area contributed by atoms with Gasteiger partial charge in [0.25, 0.3) is 0 Å². The van der Waals surface area contributed by atoms with Crippen molar-refractivity contribution >= 4 is 27.4 Å². The van der Waals surface area contributed by atoms with Crippen molar-refractivity contribution in [2.45, 2.75) is 10.6 Å². The average Bonchev–Trinajstić information content (AvgIpc) is 2.83. The molecule has 0 unspecified atom stereocenters. The number of hydrogen-bond donors (Lipinski definition) is 1. The zero-order valence-corrected chi connectivity index (χ0v) is 11.2. The zero-order chi connectivity index (χ0) is 14.9. The van der Waals surface area contributed by atoms with Gasteiger partial charge in [0, 0.05) is 5.02 Å². The Kier molecular flexibility index (Phi) is 3.73. The van der Waals surface area contributed by atoms with E-state index in [-0.39, 0.29) is 10.8 Å². The van der Waals surface area contributed by atoms with Crippen molar-refractivity contribution in [1.29, 1.82) is 0 Å². The molecule has 0 bridgehead atoms. The lowest BCUT2D eigenvalue weighted by Gasteiger charge is -2.07. The van der Waals surface area contributed by atoms with Crippen molar-refractivity contribution in [1.82, 2.24) is 10.1 Å². The number of carboxylic acids is 1. The molecule has 7 nitrogen and oxygen atoms in total. The van der Waals surface area contributed by atoms with E-state index in [1.165, 1.54) is 0 Å². The molecule has 0 aliphatic rings. The lowest BCUT2D eigenvalue weighted by Crippen LogP contribution is -2.12. The maximum absolute atomic E-state index is 13.9. The topological polar surface area (TPSA) is 110 Å². The van der Waals surface area contributed by atoms with Crippen LogP contribution in [0.1, 0.15) is 16.2 Å². The number of carboxylic acid groups (broad SMARTS) is 1. The first kappa shape index (κ1) is 14.4. The fraction of sp³-hybridized carbons (Fsp3) is 0.100. The second-order valence-corrected chi connectivity index (χ2v) is 6.07. The van der Waals surface area contributed by atoms with Gasteiger partial charge in [-0.15, -0.1) is 0 Å². The van der Waals surface area contributed by atoms with Gasteiger partial charge >= 0.3 is 5.97 Å². The van der Waals surface area contributed by atoms with Gasteiger partial charge < -0.3 is 9.63 Å². The van der Waals surface area contributed by atoms with Crippen molar-refractivity contribution in [2.24, 2.45) is 0 Å². The van der Waals surface area contributed by atoms with Crippen molar-refractivity contribution in [3.63, 3.8) is 0 Å². The number of aromatic carboxylic acids is 1. The van der Waals surface area contributed by atoms with Crippen LogP contribution in [-0.4, -0.2) is 29.6 Å². The van der Waals surface area contributed by atoms with E-state index in [1.54, 1.807) is 0 Å². The molecule has 0 fully saturated rings. The van der Waals surface area contributed by atoms with Gasteiger partial charge in [0.05, 0.1) is 5.56 Å². The lowest BCUT2D eigenvalue weighted by atomic mass is 10.2. The minimum atomic E-state index is -4.20. The Balaban J connectivity index is 2.54. The Labute approximate surface area is 116 Å². The molecular weight excluding hydrogens is 315 g/mol. The molecule has 2 aromatic rings. The van der Waals surface area contributed by atoms with Crippen molar-refractivity contribution < 1.29 is 27.2 Å². The van der Waals surface area contributed by atoms with Gasteiger partial charge in [-0.05, 0) is 12.1 Å². The Morgan fingerprint density at radius 2 is 2.15 bits per heavy atom. The molecule has 1 heterocycles. The number of halogens is 2. The van der Waals surface area contributed by atoms with Crippen LogP contribution in [0.2, 0.25) is 5.02 Å². The highest BCUT2D eigenvalue weighted by atomic mass is 35.5. The Hall–Kier alpha value is -2.00. The highest BCUT2D eigenvalue weighted by Gasteiger charge is 2.26. The summed E-state index contributed by atoms with van der Waals surface area (Å²) in [5.74, 6) is -3.92. The van der Waals surface area contributed by atoms with E-state index in [4.69, 9.17) is 16.7 Å². The Morgan fingerprint density at radius 1 is 1.45 bits per heavy atom. The molecule has 0 spiro atoms. The molecule has 10 heteroatoms. The molecule has 0 aliphatic heterocycles. The third-order valence-corrected chi connectivity index (χ3v) is 4.12. The summed E-state index contributed by atoms with van der Waals surface area (Å²) in [5, 5.41) is 11.9. The largest absolute Gasteiger partial charge is 0.478 e. The predicted octanol–water partition coefficient (Wildman–Crippen LogP) is 1.53. The Bertz CT molecular complexity index is 760. The third-order valence-electron chi connectivity index (χ3n) is 2.30. The number of nitrogens with zero attached hydrogens (tertiary/aromatic N) is 2. The lowest BCUT2D eigenvalue weighted by molar-refractivity contribution is 0.0691. The van der Waals surface area contributed by atoms with Gasteiger partial charge in [0.15, 0.2) is 21.5 Å². The molecule has 1 N–H and O–H groups in total. The summed E-state index contributed by atoms with van der Waals surface area (Å²) in [6.07, 6.45) is 0.919. The molecule has 0 atom stereocenters. The van der Waals surface area contributed by atoms with Crippen molar-refractivity contribution in [2.75, 3.05) is 0 Å². The minimum Gasteiger partial charge on any atom is -0.478 e. The summed E-state index contributed by atoms with van der Waals surface area (Å²) in [6, 6.07) is 1.66. The van der Waals surface area contributed by atoms with Crippen LogP contribution in [-0.2, 0) is 15.6 Å². The molecule has 20 heavy (non-hydrogen) atoms. The fourth-order valence-corrected chi connectivity index (χ4v) is 3.04. The summed E-state index contributed by atoms with van der Waals surface area (Å²) in [4.78, 5) is 13.5. The summed E-state index contributed by atoms with van der Waals surface area (Å²) in [6.45, 7) is 0. The first-order valence-corrected chi connectivity index (χ1v) is 7.04. The first-order valence-electron chi connectivity index (χ1n) is 5.01. The van der Waals surface area contributed by atoms with E-state index in [0.717, 1.165) is 18.5 Å². The maximum atomic E-state index is 13.9. The van der Waals surface area contributed by atoms with E-state index in [0.29, 0.717) is 0 Å². The fourth-order valence-electron chi connectivity index (χ4n) is 1.45.